The van der Waals surface area contributed by atoms with Gasteiger partial charge in [-0.05, 0) is 0 Å². The molecule has 1 aromatic carbocycles. The Hall–Kier alpha value is -2.21. The number of benzene rings is 1. The number of rotatable bonds is 5. The van der Waals surface area contributed by atoms with Crippen molar-refractivity contribution in [3.8, 4) is 11.3 Å². The quantitative estimate of drug-likeness (QED) is 0.349. The first-order chi connectivity index (χ1) is 16.5. The van der Waals surface area contributed by atoms with Crippen LogP contribution in [0.3, 0.4) is 0 Å². The Morgan fingerprint density at radius 3 is 2.46 bits per heavy atom. The molecule has 0 saturated carbocycles. The van der Waals surface area contributed by atoms with Crippen molar-refractivity contribution in [2.24, 2.45) is 5.41 Å². The fourth-order valence-electron chi connectivity index (χ4n) is 5.19. The van der Waals surface area contributed by atoms with Gasteiger partial charge in [-0.25, -0.2) is 0 Å². The second-order valence-electron chi connectivity index (χ2n) is 9.89. The number of sulfonamides is 1. The summed E-state index contributed by atoms with van der Waals surface area (Å²) in [7, 11) is -3.55. The van der Waals surface area contributed by atoms with E-state index in [1.165, 1.54) is 18.2 Å². The molecular weight excluding hydrogens is 585 g/mol. The third-order valence-corrected chi connectivity index (χ3v) is 12.3. The molecule has 10 heteroatoms. The number of hydrogen-bond acceptors (Lipinski definition) is 5. The first-order valence-electron chi connectivity index (χ1n) is 11.3. The van der Waals surface area contributed by atoms with Gasteiger partial charge in [-0.1, -0.05) is 0 Å². The topological polar surface area (TPSA) is 84.8 Å². The van der Waals surface area contributed by atoms with E-state index in [0.717, 1.165) is 25.8 Å². The molecule has 2 aliphatic rings. The Morgan fingerprint density at radius 2 is 1.77 bits per heavy atom. The minimum absolute atomic E-state index is 0.140. The zero-order chi connectivity index (χ0) is 25.2. The van der Waals surface area contributed by atoms with Gasteiger partial charge in [0.15, 0.2) is 0 Å². The average Bonchev–Trinajstić information content (AvgIpc) is 2.89. The summed E-state index contributed by atoms with van der Waals surface area (Å²) in [6.07, 6.45) is 0. The predicted octanol–water partition coefficient (Wildman–Crippen LogP) is 1.48. The summed E-state index contributed by atoms with van der Waals surface area (Å²) in [5, 5.41) is 8.28. The van der Waals surface area contributed by atoms with Crippen LogP contribution in [0.25, 0.3) is 11.3 Å². The van der Waals surface area contributed by atoms with Gasteiger partial charge in [0.25, 0.3) is 0 Å². The normalized spacial score (nSPS) is 23.0. The van der Waals surface area contributed by atoms with Crippen LogP contribution in [0.15, 0.2) is 42.5 Å². The van der Waals surface area contributed by atoms with E-state index >= 15 is 0 Å². The number of nitrogens with zero attached hydrogens (tertiary/aromatic N) is 3. The van der Waals surface area contributed by atoms with Crippen LogP contribution in [-0.2, 0) is 15.4 Å². The molecule has 1 fully saturated rings. The second kappa shape index (κ2) is 8.43. The van der Waals surface area contributed by atoms with Crippen molar-refractivity contribution in [3.05, 3.63) is 71.1 Å². The molecule has 1 saturated heterocycles. The summed E-state index contributed by atoms with van der Waals surface area (Å²) in [6.45, 7) is 7.59. The number of anilines is 1. The summed E-state index contributed by atoms with van der Waals surface area (Å²) in [4.78, 5) is 4.78. The Labute approximate surface area is 214 Å². The number of pyridine rings is 1. The zero-order valence-electron chi connectivity index (χ0n) is 19.8. The van der Waals surface area contributed by atoms with Crippen LogP contribution in [0.4, 0.5) is 14.6 Å². The van der Waals surface area contributed by atoms with Gasteiger partial charge in [-0.3, -0.25) is 0 Å². The number of fused-ring (bicyclic) bond motifs is 5. The Kier molecular flexibility index (Phi) is 5.90. The number of nitrogens with one attached hydrogen (secondary N) is 1. The van der Waals surface area contributed by atoms with Gasteiger partial charge in [-0.15, -0.1) is 0 Å². The molecule has 1 aliphatic carbocycles. The van der Waals surface area contributed by atoms with E-state index < -0.39 is 32.3 Å². The first-order valence-corrected chi connectivity index (χ1v) is 15.9. The van der Waals surface area contributed by atoms with Gasteiger partial charge in [0.2, 0.25) is 0 Å². The minimum atomic E-state index is -3.55. The van der Waals surface area contributed by atoms with Gasteiger partial charge in [0.1, 0.15) is 0 Å². The monoisotopic (exact) mass is 611 g/mol. The van der Waals surface area contributed by atoms with E-state index in [0.29, 0.717) is 0 Å². The van der Waals surface area contributed by atoms with Crippen LogP contribution in [0.2, 0.25) is 0 Å². The number of halogens is 3. The fourth-order valence-corrected chi connectivity index (χ4v) is 10.9. The molecule has 6 nitrogen and oxygen atoms in total. The second-order valence-corrected chi connectivity index (χ2v) is 14.8. The molecule has 0 unspecified atom stereocenters. The van der Waals surface area contributed by atoms with Crippen LogP contribution >= 0.6 is 0 Å². The van der Waals surface area contributed by atoms with E-state index in [1.54, 1.807) is 26.0 Å². The van der Waals surface area contributed by atoms with Gasteiger partial charge >= 0.3 is 215 Å². The van der Waals surface area contributed by atoms with Crippen molar-refractivity contribution in [2.75, 3.05) is 13.6 Å². The first kappa shape index (κ1) is 24.5. The molecule has 3 heterocycles. The van der Waals surface area contributed by atoms with Crippen molar-refractivity contribution < 1.29 is 38.4 Å². The van der Waals surface area contributed by atoms with Crippen molar-refractivity contribution >= 4 is 15.8 Å². The van der Waals surface area contributed by atoms with E-state index in [1.807, 2.05) is 12.1 Å². The molecule has 0 spiro atoms. The van der Waals surface area contributed by atoms with E-state index in [-0.39, 0.29) is 49.6 Å². The van der Waals surface area contributed by atoms with Crippen molar-refractivity contribution in [1.82, 2.24) is 15.2 Å². The van der Waals surface area contributed by atoms with Crippen LogP contribution in [0, 0.1) is 17.0 Å². The van der Waals surface area contributed by atoms with Crippen molar-refractivity contribution in [3.63, 3.8) is 0 Å². The number of hydrogen-bond donors (Lipinski definition) is 1. The maximum absolute atomic E-state index is 14.5. The Balaban J connectivity index is 1.67. The summed E-state index contributed by atoms with van der Waals surface area (Å²) >= 11 is -0.207. The van der Waals surface area contributed by atoms with Crippen molar-refractivity contribution in [1.29, 1.82) is 0 Å². The van der Waals surface area contributed by atoms with Crippen LogP contribution < -0.4 is 25.9 Å². The molecule has 2 atom stereocenters. The van der Waals surface area contributed by atoms with Gasteiger partial charge in [0, 0.05) is 0 Å². The van der Waals surface area contributed by atoms with E-state index in [2.05, 4.69) is 28.8 Å². The molecule has 5 rings (SSSR count). The molecule has 35 heavy (non-hydrogen) atoms. The van der Waals surface area contributed by atoms with Crippen LogP contribution in [-0.4, -0.2) is 37.7 Å². The third kappa shape index (κ3) is 3.66. The van der Waals surface area contributed by atoms with E-state index in [4.69, 9.17) is 4.98 Å². The van der Waals surface area contributed by atoms with Crippen LogP contribution in [0.5, 0.6) is 0 Å². The Bertz CT molecular complexity index is 1410. The van der Waals surface area contributed by atoms with Gasteiger partial charge in [-0.2, -0.15) is 0 Å². The van der Waals surface area contributed by atoms with E-state index in [9.17, 15) is 17.2 Å². The molecular formula is C25H26F2IN4O2S-. The molecule has 1 aliphatic heterocycles. The molecule has 0 radical (unpaired) electrons. The van der Waals surface area contributed by atoms with Crippen molar-refractivity contribution in [2.45, 2.75) is 44.3 Å². The maximum atomic E-state index is 14.5. The number of alkyl halides is 2. The average molecular weight is 611 g/mol. The third-order valence-electron chi connectivity index (χ3n) is 7.41. The summed E-state index contributed by atoms with van der Waals surface area (Å²) in [5.41, 5.74) is 1.63. The molecule has 2 bridgehead atoms. The summed E-state index contributed by atoms with van der Waals surface area (Å²) in [6, 6.07) is 10.9. The summed E-state index contributed by atoms with van der Waals surface area (Å²) < 4.78 is 58.5. The molecule has 1 N–H and O–H groups in total. The fraction of sp³-hybridized carbons (Fsp3) is 0.400. The summed E-state index contributed by atoms with van der Waals surface area (Å²) in [5.74, 6) is -0.934. The zero-order valence-corrected chi connectivity index (χ0v) is 22.8. The molecule has 0 amide bonds. The van der Waals surface area contributed by atoms with Gasteiger partial charge in [0.05, 0.1) is 0 Å². The predicted molar refractivity (Wildman–Crippen MR) is 126 cm³/mol. The van der Waals surface area contributed by atoms with Gasteiger partial charge < -0.3 is 0 Å². The standard InChI is InChI=1S/C25H26F2IN4O2S/c1-14(2)35(33,34)32-21-10-6-9-20(29-21)25-13-28-12-16(24(25,3)4)15-11-19(30-31-23(15)25)22-17(26)7-5-8-18(22)27/h5-11,14,16H,12-13H2,1-4H3,(H,29,32)/q-1/t16-,25-/m0/s1. The SMILES string of the molecule is CC(C)S(=O)(=O)Nc1cccc([C@@]23C[I-]C[C@@H](c4cc(-c5c(F)cccc5F)nnc42)C3(C)C)n1. The number of aromatic nitrogens is 3. The molecule has 3 aromatic rings. The van der Waals surface area contributed by atoms with Crippen LogP contribution in [0.1, 0.15) is 50.6 Å². The Morgan fingerprint density at radius 1 is 1.09 bits per heavy atom. The molecule has 186 valence electrons. The molecule has 2 aromatic heterocycles.